The standard InChI is InChI=1S/C17H28N4O10S/c1-32-5-4-9(15(28)21-11(7-22)17(30)31)19-16(29)10(6-13(25)26)20-14(27)8(18)2-3-12(23)24/h8-11,22H,2-7,18H2,1H3,(H,19,29)(H,20,27)(H,21,28)(H,23,24)(H,25,26)(H,30,31). The molecule has 15 heteroatoms. The second kappa shape index (κ2) is 15.0. The van der Waals surface area contributed by atoms with Gasteiger partial charge in [-0.25, -0.2) is 4.79 Å². The van der Waals surface area contributed by atoms with E-state index in [4.69, 9.17) is 26.2 Å². The number of carboxylic acid groups (broad SMARTS) is 3. The van der Waals surface area contributed by atoms with Crippen molar-refractivity contribution in [3.63, 3.8) is 0 Å². The number of carboxylic acids is 3. The first-order valence-corrected chi connectivity index (χ1v) is 10.7. The molecule has 9 N–H and O–H groups in total. The van der Waals surface area contributed by atoms with Crippen molar-refractivity contribution in [1.29, 1.82) is 0 Å². The summed E-state index contributed by atoms with van der Waals surface area (Å²) in [4.78, 5) is 69.8. The Hall–Kier alpha value is -2.91. The van der Waals surface area contributed by atoms with Crippen LogP contribution in [0.5, 0.6) is 0 Å². The first-order valence-electron chi connectivity index (χ1n) is 9.35. The minimum atomic E-state index is -1.63. The number of aliphatic carboxylic acids is 3. The van der Waals surface area contributed by atoms with Gasteiger partial charge in [0.05, 0.1) is 19.1 Å². The molecule has 14 nitrogen and oxygen atoms in total. The molecule has 0 aliphatic carbocycles. The summed E-state index contributed by atoms with van der Waals surface area (Å²) in [6.07, 6.45) is 0.239. The van der Waals surface area contributed by atoms with E-state index in [0.717, 1.165) is 0 Å². The number of thioether (sulfide) groups is 1. The van der Waals surface area contributed by atoms with E-state index < -0.39 is 79.2 Å². The molecule has 0 saturated heterocycles. The van der Waals surface area contributed by atoms with Gasteiger partial charge in [0.1, 0.15) is 18.1 Å². The zero-order chi connectivity index (χ0) is 24.8. The average Bonchev–Trinajstić information content (AvgIpc) is 2.71. The third kappa shape index (κ3) is 11.5. The Labute approximate surface area is 187 Å². The topological polar surface area (TPSA) is 245 Å². The summed E-state index contributed by atoms with van der Waals surface area (Å²) in [5.41, 5.74) is 5.56. The smallest absolute Gasteiger partial charge is 0.328 e. The van der Waals surface area contributed by atoms with Gasteiger partial charge in [-0.15, -0.1) is 0 Å². The molecule has 0 spiro atoms. The van der Waals surface area contributed by atoms with Crippen molar-refractivity contribution in [2.24, 2.45) is 5.73 Å². The fraction of sp³-hybridized carbons (Fsp3) is 0.647. The monoisotopic (exact) mass is 480 g/mol. The zero-order valence-electron chi connectivity index (χ0n) is 17.3. The van der Waals surface area contributed by atoms with Crippen LogP contribution in [0.4, 0.5) is 0 Å². The zero-order valence-corrected chi connectivity index (χ0v) is 18.1. The molecule has 0 bridgehead atoms. The Morgan fingerprint density at radius 3 is 1.81 bits per heavy atom. The van der Waals surface area contributed by atoms with Gasteiger partial charge in [0, 0.05) is 6.42 Å². The summed E-state index contributed by atoms with van der Waals surface area (Å²) >= 11 is 1.32. The number of nitrogens with one attached hydrogen (secondary N) is 3. The molecule has 0 fully saturated rings. The molecule has 4 unspecified atom stereocenters. The average molecular weight is 480 g/mol. The SMILES string of the molecule is CSCCC(NC(=O)C(CC(=O)O)NC(=O)C(N)CCC(=O)O)C(=O)NC(CO)C(=O)O. The maximum Gasteiger partial charge on any atom is 0.328 e. The third-order valence-electron chi connectivity index (χ3n) is 4.06. The number of carbonyl (C=O) groups excluding carboxylic acids is 3. The number of hydrogen-bond donors (Lipinski definition) is 8. The van der Waals surface area contributed by atoms with Crippen LogP contribution in [0.25, 0.3) is 0 Å². The van der Waals surface area contributed by atoms with Crippen molar-refractivity contribution >= 4 is 47.4 Å². The molecule has 0 aliphatic heterocycles. The Bertz CT molecular complexity index is 705. The van der Waals surface area contributed by atoms with Crippen molar-refractivity contribution in [1.82, 2.24) is 16.0 Å². The van der Waals surface area contributed by atoms with Crippen LogP contribution < -0.4 is 21.7 Å². The predicted octanol–water partition coefficient (Wildman–Crippen LogP) is -3.06. The highest BCUT2D eigenvalue weighted by atomic mass is 32.2. The van der Waals surface area contributed by atoms with E-state index in [-0.39, 0.29) is 12.8 Å². The van der Waals surface area contributed by atoms with Gasteiger partial charge in [0.2, 0.25) is 17.7 Å². The molecule has 182 valence electrons. The van der Waals surface area contributed by atoms with Gasteiger partial charge in [0.25, 0.3) is 0 Å². The molecule has 0 aromatic heterocycles. The number of nitrogens with two attached hydrogens (primary N) is 1. The van der Waals surface area contributed by atoms with E-state index in [1.165, 1.54) is 11.8 Å². The fourth-order valence-corrected chi connectivity index (χ4v) is 2.78. The number of aliphatic hydroxyl groups is 1. The van der Waals surface area contributed by atoms with E-state index in [9.17, 15) is 28.8 Å². The summed E-state index contributed by atoms with van der Waals surface area (Å²) in [5.74, 6) is -6.69. The molecule has 0 heterocycles. The second-order valence-electron chi connectivity index (χ2n) is 6.62. The minimum absolute atomic E-state index is 0.0440. The third-order valence-corrected chi connectivity index (χ3v) is 4.70. The van der Waals surface area contributed by atoms with Gasteiger partial charge in [-0.1, -0.05) is 0 Å². The van der Waals surface area contributed by atoms with Crippen molar-refractivity contribution in [3.05, 3.63) is 0 Å². The Morgan fingerprint density at radius 2 is 1.34 bits per heavy atom. The van der Waals surface area contributed by atoms with Crippen LogP contribution in [-0.4, -0.2) is 98.8 Å². The maximum absolute atomic E-state index is 12.6. The van der Waals surface area contributed by atoms with Crippen LogP contribution in [0.3, 0.4) is 0 Å². The van der Waals surface area contributed by atoms with Crippen LogP contribution in [0, 0.1) is 0 Å². The van der Waals surface area contributed by atoms with Gasteiger partial charge in [-0.3, -0.25) is 24.0 Å². The van der Waals surface area contributed by atoms with Crippen LogP contribution in [0.1, 0.15) is 25.7 Å². The number of amides is 3. The highest BCUT2D eigenvalue weighted by Gasteiger charge is 2.31. The number of rotatable bonds is 16. The molecule has 4 atom stereocenters. The largest absolute Gasteiger partial charge is 0.481 e. The first-order chi connectivity index (χ1) is 14.9. The molecule has 0 aromatic carbocycles. The van der Waals surface area contributed by atoms with E-state index >= 15 is 0 Å². The lowest BCUT2D eigenvalue weighted by atomic mass is 10.1. The van der Waals surface area contributed by atoms with E-state index in [2.05, 4.69) is 16.0 Å². The molecule has 0 radical (unpaired) electrons. The summed E-state index contributed by atoms with van der Waals surface area (Å²) in [6.45, 7) is -0.893. The first kappa shape index (κ1) is 29.1. The van der Waals surface area contributed by atoms with Crippen molar-refractivity contribution < 1.29 is 49.2 Å². The lowest BCUT2D eigenvalue weighted by molar-refractivity contribution is -0.144. The molecule has 0 saturated carbocycles. The Morgan fingerprint density at radius 1 is 0.812 bits per heavy atom. The van der Waals surface area contributed by atoms with Gasteiger partial charge in [0.15, 0.2) is 0 Å². The summed E-state index contributed by atoms with van der Waals surface area (Å²) < 4.78 is 0. The predicted molar refractivity (Wildman–Crippen MR) is 111 cm³/mol. The van der Waals surface area contributed by atoms with E-state index in [1.54, 1.807) is 6.26 Å². The lowest BCUT2D eigenvalue weighted by Crippen LogP contribution is -2.58. The van der Waals surface area contributed by atoms with Crippen LogP contribution in [0.15, 0.2) is 0 Å². The second-order valence-corrected chi connectivity index (χ2v) is 7.61. The number of aliphatic hydroxyl groups excluding tert-OH is 1. The van der Waals surface area contributed by atoms with E-state index in [1.807, 2.05) is 0 Å². The van der Waals surface area contributed by atoms with Crippen LogP contribution >= 0.6 is 11.8 Å². The highest BCUT2D eigenvalue weighted by molar-refractivity contribution is 7.98. The van der Waals surface area contributed by atoms with Gasteiger partial charge < -0.3 is 42.1 Å². The molecule has 0 aliphatic rings. The summed E-state index contributed by atoms with van der Waals surface area (Å²) in [7, 11) is 0. The number of hydrogen-bond acceptors (Lipinski definition) is 9. The Kier molecular flexibility index (Phi) is 13.6. The number of carbonyl (C=O) groups is 6. The van der Waals surface area contributed by atoms with Gasteiger partial charge in [-0.05, 0) is 24.9 Å². The highest BCUT2D eigenvalue weighted by Crippen LogP contribution is 2.05. The lowest BCUT2D eigenvalue weighted by Gasteiger charge is -2.24. The van der Waals surface area contributed by atoms with Crippen molar-refractivity contribution in [3.8, 4) is 0 Å². The Balaban J connectivity index is 5.36. The summed E-state index contributed by atoms with van der Waals surface area (Å²) in [5, 5.41) is 42.1. The molecule has 32 heavy (non-hydrogen) atoms. The van der Waals surface area contributed by atoms with Crippen LogP contribution in [0.2, 0.25) is 0 Å². The quantitative estimate of drug-likeness (QED) is 0.110. The molecule has 0 aromatic rings. The summed E-state index contributed by atoms with van der Waals surface area (Å²) in [6, 6.07) is -5.84. The molecular formula is C17H28N4O10S. The van der Waals surface area contributed by atoms with Crippen molar-refractivity contribution in [2.45, 2.75) is 49.9 Å². The van der Waals surface area contributed by atoms with Gasteiger partial charge >= 0.3 is 17.9 Å². The molecule has 0 rings (SSSR count). The van der Waals surface area contributed by atoms with E-state index in [0.29, 0.717) is 5.75 Å². The minimum Gasteiger partial charge on any atom is -0.481 e. The molecule has 3 amide bonds. The fourth-order valence-electron chi connectivity index (χ4n) is 2.31. The molecular weight excluding hydrogens is 452 g/mol. The van der Waals surface area contributed by atoms with Crippen molar-refractivity contribution in [2.75, 3.05) is 18.6 Å². The normalized spacial score (nSPS) is 14.3. The van der Waals surface area contributed by atoms with Crippen LogP contribution in [-0.2, 0) is 28.8 Å². The maximum atomic E-state index is 12.6. The van der Waals surface area contributed by atoms with Gasteiger partial charge in [-0.2, -0.15) is 11.8 Å².